The van der Waals surface area contributed by atoms with E-state index >= 15 is 0 Å². The van der Waals surface area contributed by atoms with Crippen molar-refractivity contribution in [2.75, 3.05) is 36.5 Å². The first-order chi connectivity index (χ1) is 13.0. The first-order valence-electron chi connectivity index (χ1n) is 9.14. The molecule has 0 spiro atoms. The topological polar surface area (TPSA) is 70.7 Å². The average Bonchev–Trinajstić information content (AvgIpc) is 2.69. The van der Waals surface area contributed by atoms with Crippen molar-refractivity contribution in [1.82, 2.24) is 5.32 Å². The van der Waals surface area contributed by atoms with Crippen LogP contribution < -0.4 is 15.5 Å². The molecule has 1 unspecified atom stereocenters. The molecule has 0 aliphatic carbocycles. The van der Waals surface area contributed by atoms with E-state index in [4.69, 9.17) is 4.74 Å². The number of ketones is 1. The van der Waals surface area contributed by atoms with Gasteiger partial charge in [0, 0.05) is 30.0 Å². The van der Waals surface area contributed by atoms with Gasteiger partial charge in [0.25, 0.3) is 0 Å². The number of nitrogens with one attached hydrogen (secondary N) is 2. The Morgan fingerprint density at radius 3 is 2.44 bits per heavy atom. The second-order valence-corrected chi connectivity index (χ2v) is 6.65. The van der Waals surface area contributed by atoms with Crippen molar-refractivity contribution < 1.29 is 14.3 Å². The maximum Gasteiger partial charge on any atom is 0.319 e. The monoisotopic (exact) mass is 367 g/mol. The Hall–Kier alpha value is -2.86. The van der Waals surface area contributed by atoms with Crippen LogP contribution in [0.25, 0.3) is 0 Å². The Morgan fingerprint density at radius 2 is 1.78 bits per heavy atom. The second kappa shape index (κ2) is 8.68. The van der Waals surface area contributed by atoms with Gasteiger partial charge in [0.1, 0.15) is 0 Å². The maximum absolute atomic E-state index is 12.3. The summed E-state index contributed by atoms with van der Waals surface area (Å²) in [6.07, 6.45) is 0. The number of carbonyl (C=O) groups excluding carboxylic acids is 2. The molecule has 0 saturated carbocycles. The van der Waals surface area contributed by atoms with Crippen molar-refractivity contribution >= 4 is 23.2 Å². The SMILES string of the molecule is CC(=O)c1cccc(NC(=O)NC(C)c2ccc(N3CCOCC3)cc2)c1. The predicted octanol–water partition coefficient (Wildman–Crippen LogP) is 3.61. The van der Waals surface area contributed by atoms with Crippen molar-refractivity contribution in [3.8, 4) is 0 Å². The molecular formula is C21H25N3O3. The van der Waals surface area contributed by atoms with Crippen LogP contribution >= 0.6 is 0 Å². The number of benzene rings is 2. The first-order valence-corrected chi connectivity index (χ1v) is 9.14. The van der Waals surface area contributed by atoms with Gasteiger partial charge in [-0.3, -0.25) is 4.79 Å². The normalized spacial score (nSPS) is 15.1. The third-order valence-corrected chi connectivity index (χ3v) is 4.64. The van der Waals surface area contributed by atoms with Crippen LogP contribution in [0.4, 0.5) is 16.2 Å². The number of hydrogen-bond acceptors (Lipinski definition) is 4. The molecule has 0 aromatic heterocycles. The van der Waals surface area contributed by atoms with Crippen LogP contribution in [0.5, 0.6) is 0 Å². The number of hydrogen-bond donors (Lipinski definition) is 2. The van der Waals surface area contributed by atoms with E-state index in [1.165, 1.54) is 12.6 Å². The summed E-state index contributed by atoms with van der Waals surface area (Å²) < 4.78 is 5.38. The molecule has 2 aromatic rings. The molecule has 2 amide bonds. The quantitative estimate of drug-likeness (QED) is 0.792. The highest BCUT2D eigenvalue weighted by Gasteiger charge is 2.13. The number of Topliss-reactive ketones (excluding diaryl/α,β-unsaturated/α-hetero) is 1. The number of ether oxygens (including phenoxy) is 1. The van der Waals surface area contributed by atoms with E-state index < -0.39 is 0 Å². The summed E-state index contributed by atoms with van der Waals surface area (Å²) >= 11 is 0. The number of amides is 2. The summed E-state index contributed by atoms with van der Waals surface area (Å²) in [4.78, 5) is 26.0. The number of nitrogens with zero attached hydrogens (tertiary/aromatic N) is 1. The molecule has 1 atom stereocenters. The number of morpholine rings is 1. The van der Waals surface area contributed by atoms with Gasteiger partial charge in [-0.25, -0.2) is 4.79 Å². The molecule has 6 heteroatoms. The van der Waals surface area contributed by atoms with Gasteiger partial charge in [0.2, 0.25) is 0 Å². The van der Waals surface area contributed by atoms with E-state index in [0.29, 0.717) is 11.3 Å². The summed E-state index contributed by atoms with van der Waals surface area (Å²) in [5.41, 5.74) is 3.36. The molecule has 1 aliphatic heterocycles. The third kappa shape index (κ3) is 5.08. The zero-order valence-corrected chi connectivity index (χ0v) is 15.7. The molecule has 1 saturated heterocycles. The summed E-state index contributed by atoms with van der Waals surface area (Å²) in [6, 6.07) is 14.7. The maximum atomic E-state index is 12.3. The largest absolute Gasteiger partial charge is 0.378 e. The zero-order valence-electron chi connectivity index (χ0n) is 15.7. The molecule has 3 rings (SSSR count). The van der Waals surface area contributed by atoms with Gasteiger partial charge < -0.3 is 20.3 Å². The fourth-order valence-corrected chi connectivity index (χ4v) is 3.06. The van der Waals surface area contributed by atoms with Crippen LogP contribution in [-0.4, -0.2) is 38.1 Å². The van der Waals surface area contributed by atoms with Crippen molar-refractivity contribution in [1.29, 1.82) is 0 Å². The molecule has 6 nitrogen and oxygen atoms in total. The number of anilines is 2. The lowest BCUT2D eigenvalue weighted by Gasteiger charge is -2.29. The third-order valence-electron chi connectivity index (χ3n) is 4.64. The fourth-order valence-electron chi connectivity index (χ4n) is 3.06. The fraction of sp³-hybridized carbons (Fsp3) is 0.333. The Bertz CT molecular complexity index is 799. The highest BCUT2D eigenvalue weighted by Crippen LogP contribution is 2.20. The van der Waals surface area contributed by atoms with E-state index in [1.54, 1.807) is 24.3 Å². The van der Waals surface area contributed by atoms with E-state index in [2.05, 4.69) is 27.7 Å². The molecule has 27 heavy (non-hydrogen) atoms. The minimum atomic E-state index is -0.305. The predicted molar refractivity (Wildman–Crippen MR) is 106 cm³/mol. The Kier molecular flexibility index (Phi) is 6.08. The van der Waals surface area contributed by atoms with Gasteiger partial charge in [-0.2, -0.15) is 0 Å². The van der Waals surface area contributed by atoms with Gasteiger partial charge in [-0.15, -0.1) is 0 Å². The zero-order chi connectivity index (χ0) is 19.2. The Labute approximate surface area is 159 Å². The molecule has 0 bridgehead atoms. The van der Waals surface area contributed by atoms with E-state index in [0.717, 1.165) is 31.9 Å². The van der Waals surface area contributed by atoms with Crippen LogP contribution in [0.2, 0.25) is 0 Å². The number of carbonyl (C=O) groups is 2. The van der Waals surface area contributed by atoms with Crippen LogP contribution in [0, 0.1) is 0 Å². The molecule has 2 aromatic carbocycles. The molecule has 1 fully saturated rings. The van der Waals surface area contributed by atoms with E-state index in [9.17, 15) is 9.59 Å². The summed E-state index contributed by atoms with van der Waals surface area (Å²) in [5.74, 6) is -0.0345. The van der Waals surface area contributed by atoms with Crippen LogP contribution in [0.3, 0.4) is 0 Å². The van der Waals surface area contributed by atoms with Gasteiger partial charge in [0.15, 0.2) is 5.78 Å². The molecule has 1 aliphatic rings. The average molecular weight is 367 g/mol. The Balaban J connectivity index is 1.57. The van der Waals surface area contributed by atoms with Crippen molar-refractivity contribution in [3.63, 3.8) is 0 Å². The van der Waals surface area contributed by atoms with Gasteiger partial charge in [0.05, 0.1) is 19.3 Å². The van der Waals surface area contributed by atoms with Crippen LogP contribution in [0.1, 0.15) is 35.8 Å². The molecular weight excluding hydrogens is 342 g/mol. The second-order valence-electron chi connectivity index (χ2n) is 6.65. The Morgan fingerprint density at radius 1 is 1.07 bits per heavy atom. The van der Waals surface area contributed by atoms with Gasteiger partial charge in [-0.1, -0.05) is 24.3 Å². The lowest BCUT2D eigenvalue weighted by atomic mass is 10.1. The van der Waals surface area contributed by atoms with Gasteiger partial charge >= 0.3 is 6.03 Å². The lowest BCUT2D eigenvalue weighted by Crippen LogP contribution is -2.36. The van der Waals surface area contributed by atoms with Crippen molar-refractivity contribution in [2.24, 2.45) is 0 Å². The molecule has 2 N–H and O–H groups in total. The summed E-state index contributed by atoms with van der Waals surface area (Å²) in [6.45, 7) is 6.75. The first kappa shape index (κ1) is 18.9. The molecule has 1 heterocycles. The van der Waals surface area contributed by atoms with E-state index in [-0.39, 0.29) is 17.9 Å². The summed E-state index contributed by atoms with van der Waals surface area (Å²) in [7, 11) is 0. The number of rotatable bonds is 5. The number of urea groups is 1. The highest BCUT2D eigenvalue weighted by atomic mass is 16.5. The molecule has 142 valence electrons. The van der Waals surface area contributed by atoms with Crippen molar-refractivity contribution in [2.45, 2.75) is 19.9 Å². The smallest absolute Gasteiger partial charge is 0.319 e. The van der Waals surface area contributed by atoms with Crippen molar-refractivity contribution in [3.05, 3.63) is 59.7 Å². The van der Waals surface area contributed by atoms with Crippen LogP contribution in [-0.2, 0) is 4.74 Å². The molecule has 0 radical (unpaired) electrons. The standard InChI is InChI=1S/C21H25N3O3/c1-15(17-6-8-20(9-7-17)24-10-12-27-13-11-24)22-21(26)23-19-5-3-4-18(14-19)16(2)25/h3-9,14-15H,10-13H2,1-2H3,(H2,22,23,26). The van der Waals surface area contributed by atoms with Crippen LogP contribution in [0.15, 0.2) is 48.5 Å². The summed E-state index contributed by atoms with van der Waals surface area (Å²) in [5, 5.41) is 5.70. The van der Waals surface area contributed by atoms with E-state index in [1.807, 2.05) is 19.1 Å². The minimum absolute atomic E-state index is 0.0345. The minimum Gasteiger partial charge on any atom is -0.378 e. The highest BCUT2D eigenvalue weighted by molar-refractivity contribution is 5.96. The lowest BCUT2D eigenvalue weighted by molar-refractivity contribution is 0.101. The van der Waals surface area contributed by atoms with Gasteiger partial charge in [-0.05, 0) is 43.7 Å².